The van der Waals surface area contributed by atoms with E-state index in [1.807, 2.05) is 61.4 Å². The standard InChI is InChI=1S/C18H22N4O3/c1-21(2)20-10-14-16-15(24-17(14)22-9-8-19-12-22)11-23-18(25-16)13-6-4-3-5-7-13/h3-10,12,14-18H,11H2,1-2H3/b20-10+/t14-,15+,16-,17-,18?/m0/s1. The molecule has 2 aliphatic heterocycles. The van der Waals surface area contributed by atoms with Gasteiger partial charge in [0.25, 0.3) is 0 Å². The second-order valence-electron chi connectivity index (χ2n) is 6.44. The SMILES string of the molecule is CN(C)/N=C/[C@H]1[C@@H]2OC(c3ccccc3)OC[C@H]2O[C@@H]1n1ccnc1. The van der Waals surface area contributed by atoms with E-state index in [1.165, 1.54) is 0 Å². The minimum absolute atomic E-state index is 0.0308. The highest BCUT2D eigenvalue weighted by molar-refractivity contribution is 5.62. The molecule has 25 heavy (non-hydrogen) atoms. The monoisotopic (exact) mass is 342 g/mol. The molecule has 0 spiro atoms. The lowest BCUT2D eigenvalue weighted by Crippen LogP contribution is -2.41. The highest BCUT2D eigenvalue weighted by atomic mass is 16.7. The lowest BCUT2D eigenvalue weighted by molar-refractivity contribution is -0.247. The van der Waals surface area contributed by atoms with Crippen LogP contribution in [0.4, 0.5) is 0 Å². The Bertz CT molecular complexity index is 704. The number of nitrogens with zero attached hydrogens (tertiary/aromatic N) is 4. The minimum atomic E-state index is -0.386. The zero-order valence-corrected chi connectivity index (χ0v) is 14.3. The molecule has 0 amide bonds. The van der Waals surface area contributed by atoms with Crippen molar-refractivity contribution in [1.29, 1.82) is 0 Å². The summed E-state index contributed by atoms with van der Waals surface area (Å²) < 4.78 is 20.3. The maximum atomic E-state index is 6.28. The first-order valence-corrected chi connectivity index (χ1v) is 8.39. The van der Waals surface area contributed by atoms with Crippen LogP contribution in [0.15, 0.2) is 54.2 Å². The zero-order chi connectivity index (χ0) is 17.2. The highest BCUT2D eigenvalue weighted by Crippen LogP contribution is 2.41. The summed E-state index contributed by atoms with van der Waals surface area (Å²) in [6.07, 6.45) is 6.45. The number of rotatable bonds is 4. The number of hydrogen-bond donors (Lipinski definition) is 0. The molecule has 7 nitrogen and oxygen atoms in total. The van der Waals surface area contributed by atoms with Crippen molar-refractivity contribution in [3.05, 3.63) is 54.6 Å². The number of hydrogen-bond acceptors (Lipinski definition) is 6. The van der Waals surface area contributed by atoms with E-state index in [2.05, 4.69) is 10.1 Å². The Hall–Kier alpha value is -2.22. The van der Waals surface area contributed by atoms with Gasteiger partial charge in [0.2, 0.25) is 0 Å². The van der Waals surface area contributed by atoms with Gasteiger partial charge < -0.3 is 23.8 Å². The third-order valence-corrected chi connectivity index (χ3v) is 4.44. The quantitative estimate of drug-likeness (QED) is 0.629. The Morgan fingerprint density at radius 3 is 2.80 bits per heavy atom. The van der Waals surface area contributed by atoms with Crippen LogP contribution < -0.4 is 0 Å². The van der Waals surface area contributed by atoms with Gasteiger partial charge >= 0.3 is 0 Å². The molecule has 1 aromatic carbocycles. The molecule has 1 unspecified atom stereocenters. The average molecular weight is 342 g/mol. The molecule has 0 saturated carbocycles. The molecule has 7 heteroatoms. The second kappa shape index (κ2) is 6.95. The Labute approximate surface area is 146 Å². The van der Waals surface area contributed by atoms with Crippen molar-refractivity contribution >= 4 is 6.21 Å². The number of aromatic nitrogens is 2. The molecule has 3 heterocycles. The van der Waals surface area contributed by atoms with Crippen LogP contribution in [0.5, 0.6) is 0 Å². The van der Waals surface area contributed by atoms with Gasteiger partial charge in [0.1, 0.15) is 18.4 Å². The van der Waals surface area contributed by atoms with Crippen LogP contribution in [0.3, 0.4) is 0 Å². The second-order valence-corrected chi connectivity index (χ2v) is 6.44. The summed E-state index contributed by atoms with van der Waals surface area (Å²) in [5.41, 5.74) is 1.01. The normalized spacial score (nSPS) is 32.0. The van der Waals surface area contributed by atoms with Crippen molar-refractivity contribution in [3.63, 3.8) is 0 Å². The first-order valence-electron chi connectivity index (χ1n) is 8.39. The Balaban J connectivity index is 1.59. The van der Waals surface area contributed by atoms with Crippen LogP contribution in [-0.4, -0.2) is 53.7 Å². The van der Waals surface area contributed by atoms with Gasteiger partial charge in [-0.3, -0.25) is 0 Å². The molecule has 2 aromatic rings. The average Bonchev–Trinajstić information content (AvgIpc) is 3.27. The molecule has 0 radical (unpaired) electrons. The molecule has 2 aliphatic rings. The predicted molar refractivity (Wildman–Crippen MR) is 91.8 cm³/mol. The summed E-state index contributed by atoms with van der Waals surface area (Å²) in [6.45, 7) is 0.488. The summed E-state index contributed by atoms with van der Waals surface area (Å²) in [7, 11) is 3.79. The molecule has 4 rings (SSSR count). The van der Waals surface area contributed by atoms with Crippen LogP contribution in [0.25, 0.3) is 0 Å². The van der Waals surface area contributed by atoms with Crippen molar-refractivity contribution in [2.45, 2.75) is 24.7 Å². The fraction of sp³-hybridized carbons (Fsp3) is 0.444. The predicted octanol–water partition coefficient (Wildman–Crippen LogP) is 2.06. The molecule has 5 atom stereocenters. The van der Waals surface area contributed by atoms with Crippen molar-refractivity contribution < 1.29 is 14.2 Å². The van der Waals surface area contributed by atoms with Gasteiger partial charge in [0.05, 0.1) is 18.9 Å². The van der Waals surface area contributed by atoms with E-state index < -0.39 is 0 Å². The van der Waals surface area contributed by atoms with Crippen LogP contribution in [-0.2, 0) is 14.2 Å². The van der Waals surface area contributed by atoms with E-state index in [0.717, 1.165) is 5.56 Å². The van der Waals surface area contributed by atoms with Gasteiger partial charge in [-0.1, -0.05) is 30.3 Å². The van der Waals surface area contributed by atoms with Gasteiger partial charge in [-0.25, -0.2) is 4.98 Å². The largest absolute Gasteiger partial charge is 0.349 e. The Kier molecular flexibility index (Phi) is 4.52. The van der Waals surface area contributed by atoms with E-state index in [4.69, 9.17) is 14.2 Å². The molecular formula is C18H22N4O3. The van der Waals surface area contributed by atoms with Crippen molar-refractivity contribution in [1.82, 2.24) is 14.6 Å². The van der Waals surface area contributed by atoms with E-state index in [-0.39, 0.29) is 30.6 Å². The molecule has 0 aliphatic carbocycles. The third-order valence-electron chi connectivity index (χ3n) is 4.44. The molecule has 1 aromatic heterocycles. The molecule has 2 fully saturated rings. The van der Waals surface area contributed by atoms with Gasteiger partial charge in [-0.2, -0.15) is 5.10 Å². The molecule has 2 saturated heterocycles. The Morgan fingerprint density at radius 1 is 1.24 bits per heavy atom. The van der Waals surface area contributed by atoms with Crippen LogP contribution in [0, 0.1) is 5.92 Å². The van der Waals surface area contributed by atoms with Crippen LogP contribution in [0.2, 0.25) is 0 Å². The number of benzene rings is 1. The number of ether oxygens (including phenoxy) is 3. The maximum Gasteiger partial charge on any atom is 0.184 e. The molecular weight excluding hydrogens is 320 g/mol. The fourth-order valence-corrected chi connectivity index (χ4v) is 3.28. The topological polar surface area (TPSA) is 61.1 Å². The Morgan fingerprint density at radius 2 is 2.08 bits per heavy atom. The summed E-state index contributed by atoms with van der Waals surface area (Å²) in [6, 6.07) is 9.97. The lowest BCUT2D eigenvalue weighted by atomic mass is 9.99. The van der Waals surface area contributed by atoms with Gasteiger partial charge in [-0.15, -0.1) is 0 Å². The summed E-state index contributed by atoms with van der Waals surface area (Å²) >= 11 is 0. The lowest BCUT2D eigenvalue weighted by Gasteiger charge is -2.33. The fourth-order valence-electron chi connectivity index (χ4n) is 3.28. The molecule has 0 N–H and O–H groups in total. The summed E-state index contributed by atoms with van der Waals surface area (Å²) in [5, 5.41) is 6.20. The van der Waals surface area contributed by atoms with Gasteiger partial charge in [-0.05, 0) is 0 Å². The van der Waals surface area contributed by atoms with Crippen molar-refractivity contribution in [3.8, 4) is 0 Å². The number of fused-ring (bicyclic) bond motifs is 1. The first kappa shape index (κ1) is 16.3. The molecule has 132 valence electrons. The van der Waals surface area contributed by atoms with Gasteiger partial charge in [0.15, 0.2) is 6.29 Å². The molecule has 0 bridgehead atoms. The number of hydrazone groups is 1. The van der Waals surface area contributed by atoms with E-state index in [0.29, 0.717) is 6.61 Å². The zero-order valence-electron chi connectivity index (χ0n) is 14.3. The third kappa shape index (κ3) is 3.30. The summed E-state index contributed by atoms with van der Waals surface area (Å²) in [4.78, 5) is 4.13. The first-order chi connectivity index (χ1) is 12.2. The van der Waals surface area contributed by atoms with Crippen LogP contribution in [0.1, 0.15) is 18.1 Å². The minimum Gasteiger partial charge on any atom is -0.349 e. The van der Waals surface area contributed by atoms with E-state index >= 15 is 0 Å². The number of imidazole rings is 1. The van der Waals surface area contributed by atoms with E-state index in [9.17, 15) is 0 Å². The maximum absolute atomic E-state index is 6.28. The van der Waals surface area contributed by atoms with Gasteiger partial charge in [0, 0.05) is 38.3 Å². The smallest absolute Gasteiger partial charge is 0.184 e. The van der Waals surface area contributed by atoms with E-state index in [1.54, 1.807) is 17.5 Å². The highest BCUT2D eigenvalue weighted by Gasteiger charge is 2.49. The summed E-state index contributed by atoms with van der Waals surface area (Å²) in [5.74, 6) is -0.0308. The van der Waals surface area contributed by atoms with Crippen molar-refractivity contribution in [2.24, 2.45) is 11.0 Å². The van der Waals surface area contributed by atoms with Crippen molar-refractivity contribution in [2.75, 3.05) is 20.7 Å². The van der Waals surface area contributed by atoms with Crippen LogP contribution >= 0.6 is 0 Å².